The number of benzene rings is 2. The van der Waals surface area contributed by atoms with Crippen LogP contribution in [0.1, 0.15) is 295 Å². The smallest absolute Gasteiger partial charge is 0.348 e. The van der Waals surface area contributed by atoms with Crippen LogP contribution in [0.5, 0.6) is 0 Å². The third-order valence-electron chi connectivity index (χ3n) is 12.7. The van der Waals surface area contributed by atoms with Gasteiger partial charge in [0.05, 0.1) is 5.57 Å². The number of rotatable bonds is 39. The van der Waals surface area contributed by atoms with Gasteiger partial charge in [-0.3, -0.25) is 0 Å². The second kappa shape index (κ2) is 51.2. The largest absolute Gasteiger partial charge is 2.00 e. The van der Waals surface area contributed by atoms with E-state index in [4.69, 9.17) is 0 Å². The Morgan fingerprint density at radius 2 is 0.708 bits per heavy atom. The van der Waals surface area contributed by atoms with Gasteiger partial charge < -0.3 is 19.4 Å². The molecule has 0 atom stereocenters. The molecule has 2 nitrogen and oxygen atoms in total. The summed E-state index contributed by atoms with van der Waals surface area (Å²) >= 11 is 0. The Labute approximate surface area is 417 Å². The second-order valence-electron chi connectivity index (χ2n) is 18.8. The maximum absolute atomic E-state index is 9.48. The molecule has 2 aromatic carbocycles. The van der Waals surface area contributed by atoms with Crippen LogP contribution >= 0.6 is 0 Å². The van der Waals surface area contributed by atoms with E-state index in [-0.39, 0.29) is 16.5 Å². The molecule has 0 saturated heterocycles. The van der Waals surface area contributed by atoms with E-state index in [1.165, 1.54) is 213 Å². The van der Waals surface area contributed by atoms with Crippen LogP contribution in [0.4, 0.5) is 0 Å². The first-order valence-corrected chi connectivity index (χ1v) is 28.0. The van der Waals surface area contributed by atoms with Crippen LogP contribution in [-0.2, 0) is 29.3 Å². The summed E-state index contributed by atoms with van der Waals surface area (Å²) in [5, 5.41) is 0. The summed E-state index contributed by atoms with van der Waals surface area (Å²) in [4.78, 5) is 3.38. The molecule has 0 amide bonds. The van der Waals surface area contributed by atoms with E-state index in [0.717, 1.165) is 69.8 Å². The van der Waals surface area contributed by atoms with Gasteiger partial charge in [0.15, 0.2) is 0 Å². The van der Waals surface area contributed by atoms with Gasteiger partial charge in [0.25, 0.3) is 0 Å². The van der Waals surface area contributed by atoms with E-state index in [2.05, 4.69) is 115 Å². The van der Waals surface area contributed by atoms with Crippen LogP contribution in [0.15, 0.2) is 59.7 Å². The summed E-state index contributed by atoms with van der Waals surface area (Å²) in [6.45, 7) is 21.2. The molecule has 0 N–H and O–H groups in total. The Bertz CT molecular complexity index is 1340. The van der Waals surface area contributed by atoms with Crippen molar-refractivity contribution in [3.8, 4) is 0 Å². The summed E-state index contributed by atoms with van der Waals surface area (Å²) in [6.07, 6.45) is 49.8. The molecule has 0 aliphatic carbocycles. The van der Waals surface area contributed by atoms with Crippen LogP contribution in [0, 0.1) is 13.8 Å². The minimum Gasteiger partial charge on any atom is -0.348 e. The fraction of sp³-hybridized carbons (Fsp3) is 0.710. The van der Waals surface area contributed by atoms with Gasteiger partial charge in [0.2, 0.25) is 0 Å². The number of aryl methyl sites for hydroxylation is 2. The Hall–Kier alpha value is -2.17. The summed E-state index contributed by atoms with van der Waals surface area (Å²) in [5.74, 6) is 2.98. The van der Waals surface area contributed by atoms with Gasteiger partial charge in [0.1, 0.15) is 0 Å². The monoisotopic (exact) mass is 937 g/mol. The van der Waals surface area contributed by atoms with E-state index in [9.17, 15) is 5.53 Å². The minimum absolute atomic E-state index is 0. The second-order valence-corrected chi connectivity index (χ2v) is 18.8. The molecule has 65 heavy (non-hydrogen) atoms. The van der Waals surface area contributed by atoms with Gasteiger partial charge in [-0.25, -0.2) is 0 Å². The quantitative estimate of drug-likeness (QED) is 0.0122. The molecule has 2 rings (SSSR count). The summed E-state index contributed by atoms with van der Waals surface area (Å²) < 4.78 is 0. The number of hydrogen-bond acceptors (Lipinski definition) is 0. The molecule has 374 valence electrons. The zero-order valence-corrected chi connectivity index (χ0v) is 45.1. The Morgan fingerprint density at radius 3 is 1.05 bits per heavy atom. The maximum Gasteiger partial charge on any atom is 2.00 e. The first-order chi connectivity index (χ1) is 31.5. The molecule has 0 spiro atoms. The van der Waals surface area contributed by atoms with Crippen LogP contribution in [0.25, 0.3) is 11.1 Å². The van der Waals surface area contributed by atoms with Gasteiger partial charge in [-0.05, 0) is 84.8 Å². The Kier molecular flexibility index (Phi) is 51.2. The normalized spacial score (nSPS) is 11.0. The van der Waals surface area contributed by atoms with Crippen LogP contribution in [-0.4, -0.2) is 10.7 Å². The topological polar surface area (TPSA) is 36.4 Å². The Balaban J connectivity index is 0. The van der Waals surface area contributed by atoms with Gasteiger partial charge in [-0.1, -0.05) is 270 Å². The van der Waals surface area contributed by atoms with Crippen molar-refractivity contribution in [1.29, 1.82) is 0 Å². The average Bonchev–Trinajstić information content (AvgIpc) is 3.32. The van der Waals surface area contributed by atoms with Gasteiger partial charge in [-0.2, -0.15) is 12.8 Å². The van der Waals surface area contributed by atoms with Crippen molar-refractivity contribution in [2.45, 2.75) is 286 Å². The summed E-state index contributed by atoms with van der Waals surface area (Å²) in [5.41, 5.74) is 18.4. The van der Waals surface area contributed by atoms with Gasteiger partial charge in [-0.15, -0.1) is 4.79 Å². The summed E-state index contributed by atoms with van der Waals surface area (Å²) in [6, 6.07) is 18.4. The number of unbranched alkanes of at least 4 members (excludes halogenated alkanes) is 28. The van der Waals surface area contributed by atoms with E-state index >= 15 is 0 Å². The van der Waals surface area contributed by atoms with Crippen molar-refractivity contribution in [3.63, 3.8) is 0 Å². The molecular weight excluding hydrogens is 831 g/mol. The molecule has 0 aliphatic rings. The SMILES string of the molecule is CCCCCCc1ccc(C(=C(CCCC)C(=C=[N+]=[N-])CCCC)c2ccc(CCCC)cc2)cc1.[CH2-]CCCCCCCCCCCCC.[CH2-]CCCCCCCCCCCCC.[Ni+2]. The minimum atomic E-state index is 0. The van der Waals surface area contributed by atoms with Crippen molar-refractivity contribution in [3.05, 3.63) is 101 Å². The van der Waals surface area contributed by atoms with E-state index in [0.29, 0.717) is 0 Å². The van der Waals surface area contributed by atoms with Crippen molar-refractivity contribution >= 4 is 11.4 Å². The van der Waals surface area contributed by atoms with Gasteiger partial charge >= 0.3 is 22.4 Å². The van der Waals surface area contributed by atoms with Crippen molar-refractivity contribution in [1.82, 2.24) is 0 Å². The van der Waals surface area contributed by atoms with E-state index in [1.54, 1.807) is 0 Å². The molecule has 2 aromatic rings. The third-order valence-corrected chi connectivity index (χ3v) is 12.7. The first kappa shape index (κ1) is 64.9. The molecule has 0 heterocycles. The average molecular weight is 938 g/mol. The molecule has 3 heteroatoms. The number of nitrogens with zero attached hydrogens (tertiary/aromatic N) is 2. The van der Waals surface area contributed by atoms with E-state index < -0.39 is 0 Å². The van der Waals surface area contributed by atoms with Crippen molar-refractivity contribution in [2.24, 2.45) is 0 Å². The standard InChI is InChI=1S/C34H48N2.2C14H29.Ni/c1-5-9-13-14-16-29-21-25-31(26-22-29)34(30-23-19-28(20-24-30)15-10-6-2)33(18-12-8-4)32(27-36-35)17-11-7-3;2*1-3-5-7-9-11-13-14-12-10-8-6-4-2;/h19-26H,5-18H2,1-4H3;2*1,3-14H2,2H3;/q;2*-1;+2. The van der Waals surface area contributed by atoms with Crippen molar-refractivity contribution in [2.75, 3.05) is 0 Å². The fourth-order valence-corrected chi connectivity index (χ4v) is 8.48. The number of hydrogen-bond donors (Lipinski definition) is 0. The summed E-state index contributed by atoms with van der Waals surface area (Å²) in [7, 11) is 0. The fourth-order valence-electron chi connectivity index (χ4n) is 8.48. The number of allylic oxidation sites excluding steroid dienone is 2. The van der Waals surface area contributed by atoms with Crippen molar-refractivity contribution < 1.29 is 21.3 Å². The first-order valence-electron chi connectivity index (χ1n) is 28.0. The molecule has 0 bridgehead atoms. The Morgan fingerprint density at radius 1 is 0.400 bits per heavy atom. The third kappa shape index (κ3) is 37.5. The predicted octanol–water partition coefficient (Wildman–Crippen LogP) is 21.2. The molecule has 0 radical (unpaired) electrons. The van der Waals surface area contributed by atoms with Gasteiger partial charge in [0, 0.05) is 0 Å². The predicted molar refractivity (Wildman–Crippen MR) is 289 cm³/mol. The molecular formula is C62H106N2Ni. The van der Waals surface area contributed by atoms with E-state index in [1.807, 2.05) is 0 Å². The molecule has 0 aromatic heterocycles. The zero-order valence-electron chi connectivity index (χ0n) is 44.1. The molecule has 0 unspecified atom stereocenters. The molecule has 0 saturated carbocycles. The zero-order chi connectivity index (χ0) is 47.0. The molecule has 0 fully saturated rings. The van der Waals surface area contributed by atoms with Crippen LogP contribution in [0.3, 0.4) is 0 Å². The maximum atomic E-state index is 9.48. The molecule has 0 aliphatic heterocycles. The van der Waals surface area contributed by atoms with Crippen LogP contribution < -0.4 is 0 Å². The van der Waals surface area contributed by atoms with Crippen LogP contribution in [0.2, 0.25) is 0 Å².